The Labute approximate surface area is 242 Å². The van der Waals surface area contributed by atoms with Crippen LogP contribution in [0, 0.1) is 12.8 Å². The Kier molecular flexibility index (Phi) is 8.64. The van der Waals surface area contributed by atoms with Gasteiger partial charge in [0.25, 0.3) is 0 Å². The van der Waals surface area contributed by atoms with Crippen LogP contribution in [0.25, 0.3) is 0 Å². The number of aliphatic carboxylic acids is 1. The third-order valence-electron chi connectivity index (χ3n) is 8.39. The Morgan fingerprint density at radius 2 is 1.59 bits per heavy atom. The van der Waals surface area contributed by atoms with E-state index < -0.39 is 17.9 Å². The van der Waals surface area contributed by atoms with E-state index in [-0.39, 0.29) is 25.2 Å². The number of benzene rings is 3. The first kappa shape index (κ1) is 28.7. The standard InChI is InChI=1S/C34H40N2O5/c1-5-8-22-9-11-25(12-10-22)33-31(34(38)39)27(26-13-14-28-29(17-26)41-20-40-28)18-36(33)19-30(37)35-32-23(6-2)15-21(4)16-24(32)7-3/h9-17,27,31,33H,5-8,18-20H2,1-4H3,(H,35,37)(H,38,39)/t27-,31?,33+/m1/s1. The maximum Gasteiger partial charge on any atom is 0.309 e. The zero-order valence-electron chi connectivity index (χ0n) is 24.4. The number of ether oxygens (including phenoxy) is 2. The van der Waals surface area contributed by atoms with Crippen LogP contribution in [-0.2, 0) is 28.9 Å². The molecule has 1 fully saturated rings. The molecule has 1 unspecified atom stereocenters. The lowest BCUT2D eigenvalue weighted by molar-refractivity contribution is -0.143. The van der Waals surface area contributed by atoms with E-state index in [9.17, 15) is 14.7 Å². The minimum absolute atomic E-state index is 0.0897. The van der Waals surface area contributed by atoms with Crippen LogP contribution in [0.5, 0.6) is 11.5 Å². The molecule has 1 saturated heterocycles. The van der Waals surface area contributed by atoms with Gasteiger partial charge in [0.1, 0.15) is 0 Å². The highest BCUT2D eigenvalue weighted by Crippen LogP contribution is 2.47. The number of nitrogens with one attached hydrogen (secondary N) is 1. The lowest BCUT2D eigenvalue weighted by Gasteiger charge is -2.27. The number of carboxylic acid groups (broad SMARTS) is 1. The van der Waals surface area contributed by atoms with Crippen LogP contribution in [0.4, 0.5) is 5.69 Å². The van der Waals surface area contributed by atoms with Gasteiger partial charge in [0, 0.05) is 24.2 Å². The van der Waals surface area contributed by atoms with Crippen molar-refractivity contribution in [2.24, 2.45) is 5.92 Å². The van der Waals surface area contributed by atoms with Crippen molar-refractivity contribution in [2.45, 2.75) is 65.3 Å². The molecule has 2 aliphatic rings. The van der Waals surface area contributed by atoms with Gasteiger partial charge in [-0.25, -0.2) is 0 Å². The minimum atomic E-state index is -0.877. The second-order valence-electron chi connectivity index (χ2n) is 11.2. The SMILES string of the molecule is CCCc1ccc([C@H]2C(C(=O)O)[C@@H](c3ccc4c(c3)OCO4)CN2CC(=O)Nc2c(CC)cc(C)cc2CC)cc1. The number of anilines is 1. The van der Waals surface area contributed by atoms with Crippen LogP contribution in [0.2, 0.25) is 0 Å². The van der Waals surface area contributed by atoms with Gasteiger partial charge in [0.15, 0.2) is 11.5 Å². The van der Waals surface area contributed by atoms with Crippen LogP contribution in [0.15, 0.2) is 54.6 Å². The van der Waals surface area contributed by atoms with Crippen LogP contribution < -0.4 is 14.8 Å². The van der Waals surface area contributed by atoms with Crippen molar-refractivity contribution in [3.8, 4) is 11.5 Å². The fourth-order valence-corrected chi connectivity index (χ4v) is 6.47. The van der Waals surface area contributed by atoms with Crippen molar-refractivity contribution in [3.63, 3.8) is 0 Å². The highest BCUT2D eigenvalue weighted by molar-refractivity contribution is 5.94. The van der Waals surface area contributed by atoms with E-state index in [1.54, 1.807) is 0 Å². The van der Waals surface area contributed by atoms with Gasteiger partial charge in [-0.15, -0.1) is 0 Å². The third kappa shape index (κ3) is 5.96. The maximum atomic E-state index is 13.6. The van der Waals surface area contributed by atoms with Gasteiger partial charge in [-0.3, -0.25) is 14.5 Å². The maximum absolute atomic E-state index is 13.6. The van der Waals surface area contributed by atoms with Crippen molar-refractivity contribution in [2.75, 3.05) is 25.2 Å². The molecule has 41 heavy (non-hydrogen) atoms. The number of likely N-dealkylation sites (tertiary alicyclic amines) is 1. The van der Waals surface area contributed by atoms with E-state index in [1.165, 1.54) is 11.1 Å². The zero-order chi connectivity index (χ0) is 29.1. The molecule has 2 heterocycles. The summed E-state index contributed by atoms with van der Waals surface area (Å²) in [5, 5.41) is 13.8. The number of carboxylic acids is 1. The second kappa shape index (κ2) is 12.4. The molecule has 216 valence electrons. The van der Waals surface area contributed by atoms with Crippen molar-refractivity contribution >= 4 is 17.6 Å². The quantitative estimate of drug-likeness (QED) is 0.306. The third-order valence-corrected chi connectivity index (χ3v) is 8.39. The highest BCUT2D eigenvalue weighted by Gasteiger charge is 2.48. The molecule has 3 aromatic carbocycles. The van der Waals surface area contributed by atoms with Crippen molar-refractivity contribution < 1.29 is 24.2 Å². The number of carbonyl (C=O) groups is 2. The number of carbonyl (C=O) groups excluding carboxylic acids is 1. The number of hydrogen-bond acceptors (Lipinski definition) is 5. The van der Waals surface area contributed by atoms with E-state index in [4.69, 9.17) is 9.47 Å². The summed E-state index contributed by atoms with van der Waals surface area (Å²) < 4.78 is 11.1. The van der Waals surface area contributed by atoms with Gasteiger partial charge in [0.2, 0.25) is 12.7 Å². The Morgan fingerprint density at radius 1 is 0.927 bits per heavy atom. The molecular formula is C34H40N2O5. The van der Waals surface area contributed by atoms with Gasteiger partial charge in [-0.1, -0.05) is 75.2 Å². The Balaban J connectivity index is 1.48. The lowest BCUT2D eigenvalue weighted by Crippen LogP contribution is -2.35. The molecule has 0 aromatic heterocycles. The number of hydrogen-bond donors (Lipinski definition) is 2. The molecule has 7 heteroatoms. The Bertz CT molecular complexity index is 1390. The molecule has 5 rings (SSSR count). The molecule has 2 aliphatic heterocycles. The van der Waals surface area contributed by atoms with E-state index in [0.717, 1.165) is 53.6 Å². The van der Waals surface area contributed by atoms with Gasteiger partial charge in [-0.2, -0.15) is 0 Å². The van der Waals surface area contributed by atoms with Crippen molar-refractivity contribution in [3.05, 3.63) is 88.0 Å². The second-order valence-corrected chi connectivity index (χ2v) is 11.2. The van der Waals surface area contributed by atoms with E-state index >= 15 is 0 Å². The molecule has 3 aromatic rings. The first-order valence-electron chi connectivity index (χ1n) is 14.7. The molecule has 0 saturated carbocycles. The molecule has 2 N–H and O–H groups in total. The first-order chi connectivity index (χ1) is 19.8. The van der Waals surface area contributed by atoms with Gasteiger partial charge >= 0.3 is 5.97 Å². The van der Waals surface area contributed by atoms with E-state index in [0.29, 0.717) is 18.0 Å². The topological polar surface area (TPSA) is 88.1 Å². The summed E-state index contributed by atoms with van der Waals surface area (Å²) in [6, 6.07) is 17.7. The van der Waals surface area contributed by atoms with Crippen LogP contribution in [-0.4, -0.2) is 41.8 Å². The largest absolute Gasteiger partial charge is 0.481 e. The zero-order valence-corrected chi connectivity index (χ0v) is 24.4. The number of amides is 1. The average molecular weight is 557 g/mol. The molecule has 0 bridgehead atoms. The molecule has 1 amide bonds. The smallest absolute Gasteiger partial charge is 0.309 e. The van der Waals surface area contributed by atoms with Gasteiger partial charge in [-0.05, 0) is 66.1 Å². The number of rotatable bonds is 10. The summed E-state index contributed by atoms with van der Waals surface area (Å²) in [4.78, 5) is 28.6. The van der Waals surface area contributed by atoms with Crippen LogP contribution in [0.3, 0.4) is 0 Å². The predicted octanol–water partition coefficient (Wildman–Crippen LogP) is 6.28. The average Bonchev–Trinajstić information content (AvgIpc) is 3.58. The van der Waals surface area contributed by atoms with E-state index in [1.807, 2.05) is 35.2 Å². The van der Waals surface area contributed by atoms with Crippen molar-refractivity contribution in [1.82, 2.24) is 4.90 Å². The summed E-state index contributed by atoms with van der Waals surface area (Å²) in [5.41, 5.74) is 7.29. The predicted molar refractivity (Wildman–Crippen MR) is 160 cm³/mol. The molecule has 0 spiro atoms. The van der Waals surface area contributed by atoms with Crippen LogP contribution in [0.1, 0.15) is 72.5 Å². The summed E-state index contributed by atoms with van der Waals surface area (Å²) in [6.07, 6.45) is 3.63. The molecule has 0 radical (unpaired) electrons. The van der Waals surface area contributed by atoms with Gasteiger partial charge in [0.05, 0.1) is 12.5 Å². The summed E-state index contributed by atoms with van der Waals surface area (Å²) in [5.74, 6) is -0.792. The molecule has 3 atom stereocenters. The monoisotopic (exact) mass is 556 g/mol. The van der Waals surface area contributed by atoms with Crippen molar-refractivity contribution in [1.29, 1.82) is 0 Å². The molecule has 7 nitrogen and oxygen atoms in total. The Morgan fingerprint density at radius 3 is 2.22 bits per heavy atom. The summed E-state index contributed by atoms with van der Waals surface area (Å²) in [7, 11) is 0. The lowest BCUT2D eigenvalue weighted by atomic mass is 9.82. The molecular weight excluding hydrogens is 516 g/mol. The first-order valence-corrected chi connectivity index (χ1v) is 14.7. The number of nitrogens with zero attached hydrogens (tertiary/aromatic N) is 1. The fourth-order valence-electron chi connectivity index (χ4n) is 6.47. The van der Waals surface area contributed by atoms with E-state index in [2.05, 4.69) is 57.3 Å². The minimum Gasteiger partial charge on any atom is -0.481 e. The summed E-state index contributed by atoms with van der Waals surface area (Å²) in [6.45, 7) is 9.08. The van der Waals surface area contributed by atoms with Crippen LogP contribution >= 0.6 is 0 Å². The highest BCUT2D eigenvalue weighted by atomic mass is 16.7. The van der Waals surface area contributed by atoms with Gasteiger partial charge < -0.3 is 19.9 Å². The number of aryl methyl sites for hydroxylation is 4. The Hall–Kier alpha value is -3.84. The molecule has 0 aliphatic carbocycles. The normalized spacial score (nSPS) is 19.9. The summed E-state index contributed by atoms with van der Waals surface area (Å²) >= 11 is 0. The fraction of sp³-hybridized carbons (Fsp3) is 0.412. The number of fused-ring (bicyclic) bond motifs is 1.